The summed E-state index contributed by atoms with van der Waals surface area (Å²) in [5.41, 5.74) is 6.25. The van der Waals surface area contributed by atoms with Gasteiger partial charge < -0.3 is 10.3 Å². The number of hydrogen-bond donors (Lipinski definition) is 2. The molecule has 4 nitrogen and oxygen atoms in total. The lowest BCUT2D eigenvalue weighted by Crippen LogP contribution is -2.57. The molecule has 4 aromatic rings. The van der Waals surface area contributed by atoms with E-state index in [-0.39, 0.29) is 42.8 Å². The summed E-state index contributed by atoms with van der Waals surface area (Å²) >= 11 is 0. The average molecular weight is 616 g/mol. The summed E-state index contributed by atoms with van der Waals surface area (Å²) in [5, 5.41) is 3.57. The smallest absolute Gasteiger partial charge is 0.137 e. The zero-order valence-electron chi connectivity index (χ0n) is 24.4. The largest absolute Gasteiger partial charge is 0.342 e. The third-order valence-electron chi connectivity index (χ3n) is 8.43. The molecule has 0 radical (unpaired) electrons. The Labute approximate surface area is 265 Å². The van der Waals surface area contributed by atoms with E-state index in [4.69, 9.17) is 4.98 Å². The minimum atomic E-state index is -0.117. The Hall–Kier alpha value is -2.34. The van der Waals surface area contributed by atoms with E-state index in [1.54, 1.807) is 0 Å². The fourth-order valence-corrected chi connectivity index (χ4v) is 6.50. The quantitative estimate of drug-likeness (QED) is 0.188. The summed E-state index contributed by atoms with van der Waals surface area (Å²) in [6, 6.07) is 32.6. The highest BCUT2D eigenvalue weighted by molar-refractivity contribution is 5.86. The number of imidazole rings is 1. The maximum Gasteiger partial charge on any atom is 0.137 e. The first-order valence-corrected chi connectivity index (χ1v) is 14.3. The zero-order valence-corrected chi connectivity index (χ0v) is 26.8. The van der Waals surface area contributed by atoms with Crippen LogP contribution < -0.4 is 5.32 Å². The molecule has 1 aliphatic heterocycles. The zero-order chi connectivity index (χ0) is 26.4. The number of piperazine rings is 1. The molecule has 0 saturated carbocycles. The van der Waals surface area contributed by atoms with Crippen molar-refractivity contribution in [1.82, 2.24) is 20.2 Å². The van der Waals surface area contributed by atoms with Gasteiger partial charge in [0.25, 0.3) is 0 Å². The SMILES string of the molecule is Cc1[nH]c(-c2ccccc2)nc1C(CCCC(c1ccccc1)c1ccccc1)(C(C)C)N1CCNCC1.Cl.Cl.Cl. The molecule has 1 aliphatic rings. The van der Waals surface area contributed by atoms with Gasteiger partial charge in [0.15, 0.2) is 0 Å². The maximum absolute atomic E-state index is 5.35. The van der Waals surface area contributed by atoms with Crippen molar-refractivity contribution < 1.29 is 0 Å². The van der Waals surface area contributed by atoms with E-state index in [1.807, 2.05) is 0 Å². The van der Waals surface area contributed by atoms with Crippen molar-refractivity contribution in [2.24, 2.45) is 5.92 Å². The minimum Gasteiger partial charge on any atom is -0.342 e. The van der Waals surface area contributed by atoms with Crippen molar-refractivity contribution in [2.75, 3.05) is 26.2 Å². The number of aryl methyl sites for hydroxylation is 1. The van der Waals surface area contributed by atoms with Gasteiger partial charge >= 0.3 is 0 Å². The Morgan fingerprint density at radius 3 is 1.80 bits per heavy atom. The summed E-state index contributed by atoms with van der Waals surface area (Å²) in [7, 11) is 0. The molecular formula is C34H45Cl3N4. The van der Waals surface area contributed by atoms with Crippen molar-refractivity contribution in [3.05, 3.63) is 114 Å². The van der Waals surface area contributed by atoms with Crippen molar-refractivity contribution in [3.8, 4) is 11.4 Å². The summed E-state index contributed by atoms with van der Waals surface area (Å²) in [6.07, 6.45) is 3.33. The lowest BCUT2D eigenvalue weighted by molar-refractivity contribution is 0.0154. The van der Waals surface area contributed by atoms with Crippen LogP contribution in [-0.2, 0) is 5.54 Å². The van der Waals surface area contributed by atoms with E-state index in [0.717, 1.165) is 56.8 Å². The Bertz CT molecular complexity index is 1240. The second-order valence-corrected chi connectivity index (χ2v) is 11.0. The lowest BCUT2D eigenvalue weighted by Gasteiger charge is -2.48. The van der Waals surface area contributed by atoms with Gasteiger partial charge in [0.2, 0.25) is 0 Å². The number of benzene rings is 3. The number of aromatic nitrogens is 2. The van der Waals surface area contributed by atoms with Gasteiger partial charge in [0.1, 0.15) is 5.82 Å². The van der Waals surface area contributed by atoms with Crippen molar-refractivity contribution in [1.29, 1.82) is 0 Å². The molecule has 0 amide bonds. The highest BCUT2D eigenvalue weighted by atomic mass is 35.5. The molecule has 1 fully saturated rings. The van der Waals surface area contributed by atoms with Gasteiger partial charge in [-0.3, -0.25) is 4.90 Å². The molecule has 5 rings (SSSR count). The van der Waals surface area contributed by atoms with Crippen LogP contribution in [0.15, 0.2) is 91.0 Å². The summed E-state index contributed by atoms with van der Waals surface area (Å²) < 4.78 is 0. The van der Waals surface area contributed by atoms with E-state index in [1.165, 1.54) is 22.5 Å². The molecule has 1 atom stereocenters. The second-order valence-electron chi connectivity index (χ2n) is 11.0. The Morgan fingerprint density at radius 2 is 1.29 bits per heavy atom. The molecule has 0 aliphatic carbocycles. The number of H-pyrrole nitrogens is 1. The summed E-state index contributed by atoms with van der Waals surface area (Å²) in [6.45, 7) is 11.2. The van der Waals surface area contributed by atoms with Gasteiger partial charge in [-0.15, -0.1) is 37.2 Å². The lowest BCUT2D eigenvalue weighted by atomic mass is 9.75. The monoisotopic (exact) mass is 614 g/mol. The van der Waals surface area contributed by atoms with Crippen LogP contribution >= 0.6 is 37.2 Å². The molecule has 3 aromatic carbocycles. The third-order valence-corrected chi connectivity index (χ3v) is 8.43. The van der Waals surface area contributed by atoms with Gasteiger partial charge in [-0.2, -0.15) is 0 Å². The maximum atomic E-state index is 5.35. The van der Waals surface area contributed by atoms with Gasteiger partial charge in [-0.1, -0.05) is 111 Å². The van der Waals surface area contributed by atoms with E-state index in [9.17, 15) is 0 Å². The molecule has 2 heterocycles. The molecule has 1 aromatic heterocycles. The van der Waals surface area contributed by atoms with Gasteiger partial charge in [0.05, 0.1) is 11.2 Å². The van der Waals surface area contributed by atoms with Crippen molar-refractivity contribution in [3.63, 3.8) is 0 Å². The number of nitrogens with zero attached hydrogens (tertiary/aromatic N) is 2. The molecule has 7 heteroatoms. The van der Waals surface area contributed by atoms with Crippen molar-refractivity contribution >= 4 is 37.2 Å². The Kier molecular flexibility index (Phi) is 13.9. The van der Waals surface area contributed by atoms with Crippen LogP contribution in [0, 0.1) is 12.8 Å². The first-order valence-electron chi connectivity index (χ1n) is 14.3. The van der Waals surface area contributed by atoms with Gasteiger partial charge in [-0.25, -0.2) is 4.98 Å². The van der Waals surface area contributed by atoms with Gasteiger partial charge in [-0.05, 0) is 36.8 Å². The first kappa shape index (κ1) is 34.9. The highest BCUT2D eigenvalue weighted by Crippen LogP contribution is 2.43. The number of rotatable bonds is 10. The van der Waals surface area contributed by atoms with Crippen molar-refractivity contribution in [2.45, 2.75) is 51.5 Å². The van der Waals surface area contributed by atoms with Crippen LogP contribution in [0.25, 0.3) is 11.4 Å². The predicted molar refractivity (Wildman–Crippen MR) is 180 cm³/mol. The fourth-order valence-electron chi connectivity index (χ4n) is 6.50. The minimum absolute atomic E-state index is 0. The summed E-state index contributed by atoms with van der Waals surface area (Å²) in [4.78, 5) is 11.7. The van der Waals surface area contributed by atoms with E-state index < -0.39 is 0 Å². The van der Waals surface area contributed by atoms with Crippen LogP contribution in [0.4, 0.5) is 0 Å². The number of halogens is 3. The number of nitrogens with one attached hydrogen (secondary N) is 2. The summed E-state index contributed by atoms with van der Waals surface area (Å²) in [5.74, 6) is 1.80. The molecule has 41 heavy (non-hydrogen) atoms. The molecule has 222 valence electrons. The molecule has 0 spiro atoms. The third kappa shape index (κ3) is 7.74. The fraction of sp³-hybridized carbons (Fsp3) is 0.382. The Morgan fingerprint density at radius 1 is 0.780 bits per heavy atom. The van der Waals surface area contributed by atoms with E-state index in [2.05, 4.69) is 127 Å². The molecule has 2 N–H and O–H groups in total. The highest BCUT2D eigenvalue weighted by Gasteiger charge is 2.44. The topological polar surface area (TPSA) is 44.0 Å². The van der Waals surface area contributed by atoms with Crippen LogP contribution in [0.3, 0.4) is 0 Å². The average Bonchev–Trinajstić information content (AvgIpc) is 3.36. The molecule has 0 bridgehead atoms. The van der Waals surface area contributed by atoms with E-state index in [0.29, 0.717) is 11.8 Å². The predicted octanol–water partition coefficient (Wildman–Crippen LogP) is 8.41. The van der Waals surface area contributed by atoms with Crippen LogP contribution in [0.1, 0.15) is 61.5 Å². The first-order chi connectivity index (χ1) is 18.6. The molecular weight excluding hydrogens is 571 g/mol. The number of aromatic amines is 1. The number of hydrogen-bond acceptors (Lipinski definition) is 3. The van der Waals surface area contributed by atoms with Crippen LogP contribution in [0.2, 0.25) is 0 Å². The van der Waals surface area contributed by atoms with Crippen LogP contribution in [-0.4, -0.2) is 41.0 Å². The Balaban J connectivity index is 0.00000196. The molecule has 1 unspecified atom stereocenters. The second kappa shape index (κ2) is 16.3. The standard InChI is InChI=1S/C34H42N4.3ClH/c1-26(2)34(38-24-22-35-23-25-38,32-27(3)36-33(37-32)30-18-11-6-12-19-30)21-13-20-31(28-14-7-4-8-15-28)29-16-9-5-10-17-29;;;/h4-12,14-19,26,31,35H,13,20-25H2,1-3H3,(H,36,37);3*1H. The normalized spacial score (nSPS) is 15.0. The van der Waals surface area contributed by atoms with E-state index >= 15 is 0 Å². The van der Waals surface area contributed by atoms with Crippen LogP contribution in [0.5, 0.6) is 0 Å². The molecule has 1 saturated heterocycles. The van der Waals surface area contributed by atoms with Gasteiger partial charge in [0, 0.05) is 43.4 Å².